The Balaban J connectivity index is 1.21. The topological polar surface area (TPSA) is 37.4 Å². The van der Waals surface area contributed by atoms with Crippen LogP contribution < -0.4 is 4.90 Å². The van der Waals surface area contributed by atoms with E-state index in [0.29, 0.717) is 11.1 Å². The van der Waals surface area contributed by atoms with Gasteiger partial charge in [0.05, 0.1) is 20.7 Å². The summed E-state index contributed by atoms with van der Waals surface area (Å²) in [5.41, 5.74) is 7.34. The molecule has 0 bridgehead atoms. The van der Waals surface area contributed by atoms with E-state index in [1.54, 1.807) is 40.1 Å². The number of rotatable bonds is 4. The minimum atomic E-state index is -0.187. The van der Waals surface area contributed by atoms with E-state index in [1.165, 1.54) is 46.2 Å². The van der Waals surface area contributed by atoms with E-state index in [9.17, 15) is 9.59 Å². The highest BCUT2D eigenvalue weighted by molar-refractivity contribution is 7.39. The fraction of sp³-hybridized carbons (Fsp3) is 0.0811. The zero-order chi connectivity index (χ0) is 29.4. The van der Waals surface area contributed by atoms with Gasteiger partial charge in [0.25, 0.3) is 0 Å². The van der Waals surface area contributed by atoms with Crippen molar-refractivity contribution in [1.29, 1.82) is 0 Å². The van der Waals surface area contributed by atoms with Crippen LogP contribution in [-0.2, 0) is 0 Å². The second kappa shape index (κ2) is 9.85. The molecule has 0 spiro atoms. The average molecular weight is 612 g/mol. The summed E-state index contributed by atoms with van der Waals surface area (Å²) >= 11 is 5.21. The molecule has 3 aromatic heterocycles. The number of Topliss-reactive ketones (excluding diaryl/α,β-unsaturated/α-hetero) is 2. The Bertz CT molecular complexity index is 2240. The molecule has 208 valence electrons. The first kappa shape index (κ1) is 26.3. The summed E-state index contributed by atoms with van der Waals surface area (Å²) in [6.45, 7) is 6.52. The monoisotopic (exact) mass is 611 g/mol. The number of nitrogens with zero attached hydrogens (tertiary/aromatic N) is 1. The lowest BCUT2D eigenvalue weighted by Crippen LogP contribution is -2.11. The highest BCUT2D eigenvalue weighted by Gasteiger charge is 2.33. The molecule has 0 saturated heterocycles. The Morgan fingerprint density at radius 3 is 1.86 bits per heavy atom. The van der Waals surface area contributed by atoms with Crippen LogP contribution in [0.4, 0.5) is 16.4 Å². The standard InChI is InChI=1S/C37H25NO2S3/c1-20-13-21(2)33(22(3)14-20)38(25-11-5-4-6-12-25)32-19-31-37(43-32)36-30(42-31)18-26(41-36)17-29-34(39)27-15-23-9-7-8-10-24(23)16-28(27)35(29)40/h4-19H,1-3H3. The van der Waals surface area contributed by atoms with Crippen LogP contribution in [0.5, 0.6) is 0 Å². The number of carbonyl (C=O) groups excluding carboxylic acids is 2. The molecule has 7 aromatic rings. The van der Waals surface area contributed by atoms with E-state index in [1.807, 2.05) is 36.4 Å². The number of thiophene rings is 3. The molecule has 0 radical (unpaired) electrons. The highest BCUT2D eigenvalue weighted by Crippen LogP contribution is 2.50. The number of aryl methyl sites for hydroxylation is 3. The predicted molar refractivity (Wildman–Crippen MR) is 185 cm³/mol. The lowest BCUT2D eigenvalue weighted by molar-refractivity contribution is 0.0990. The van der Waals surface area contributed by atoms with Gasteiger partial charge in [-0.15, -0.1) is 34.0 Å². The fourth-order valence-corrected chi connectivity index (χ4v) is 10.3. The molecule has 0 fully saturated rings. The number of hydrogen-bond acceptors (Lipinski definition) is 6. The van der Waals surface area contributed by atoms with Crippen LogP contribution in [0.2, 0.25) is 0 Å². The van der Waals surface area contributed by atoms with Gasteiger partial charge in [0.1, 0.15) is 5.00 Å². The van der Waals surface area contributed by atoms with Crippen LogP contribution in [-0.4, -0.2) is 11.6 Å². The van der Waals surface area contributed by atoms with E-state index in [4.69, 9.17) is 0 Å². The Morgan fingerprint density at radius 2 is 1.21 bits per heavy atom. The largest absolute Gasteiger partial charge is 0.301 e. The number of hydrogen-bond donors (Lipinski definition) is 0. The van der Waals surface area contributed by atoms with Crippen molar-refractivity contribution >= 4 is 97.6 Å². The second-order valence-corrected chi connectivity index (χ2v) is 14.3. The van der Waals surface area contributed by atoms with Gasteiger partial charge < -0.3 is 4.90 Å². The molecule has 0 aliphatic heterocycles. The van der Waals surface area contributed by atoms with Crippen LogP contribution in [0, 0.1) is 20.8 Å². The first-order valence-corrected chi connectivity index (χ1v) is 16.5. The third-order valence-electron chi connectivity index (χ3n) is 8.07. The Kier molecular flexibility index (Phi) is 6.02. The maximum atomic E-state index is 13.4. The fourth-order valence-electron chi connectivity index (χ4n) is 6.27. The molecule has 0 saturated carbocycles. The van der Waals surface area contributed by atoms with E-state index < -0.39 is 0 Å². The first-order valence-electron chi connectivity index (χ1n) is 14.1. The van der Waals surface area contributed by atoms with E-state index in [-0.39, 0.29) is 17.1 Å². The van der Waals surface area contributed by atoms with Gasteiger partial charge in [-0.1, -0.05) is 60.2 Å². The summed E-state index contributed by atoms with van der Waals surface area (Å²) in [6, 6.07) is 31.0. The van der Waals surface area contributed by atoms with Crippen LogP contribution in [0.15, 0.2) is 96.6 Å². The van der Waals surface area contributed by atoms with Crippen molar-refractivity contribution in [2.45, 2.75) is 20.8 Å². The molecule has 1 aliphatic carbocycles. The quantitative estimate of drug-likeness (QED) is 0.147. The minimum absolute atomic E-state index is 0.187. The number of benzene rings is 4. The normalized spacial score (nSPS) is 13.0. The summed E-state index contributed by atoms with van der Waals surface area (Å²) in [6.07, 6.45) is 1.79. The number of para-hydroxylation sites is 1. The molecule has 0 N–H and O–H groups in total. The van der Waals surface area contributed by atoms with Crippen LogP contribution >= 0.6 is 34.0 Å². The first-order chi connectivity index (χ1) is 20.9. The lowest BCUT2D eigenvalue weighted by Gasteiger charge is -2.27. The Hall–Kier alpha value is -4.36. The maximum Gasteiger partial charge on any atom is 0.197 e. The smallest absolute Gasteiger partial charge is 0.197 e. The average Bonchev–Trinajstić information content (AvgIpc) is 3.71. The van der Waals surface area contributed by atoms with Gasteiger partial charge in [-0.05, 0) is 85.1 Å². The zero-order valence-electron chi connectivity index (χ0n) is 23.7. The molecule has 0 atom stereocenters. The van der Waals surface area contributed by atoms with Gasteiger partial charge in [0.15, 0.2) is 11.6 Å². The van der Waals surface area contributed by atoms with Gasteiger partial charge in [-0.3, -0.25) is 9.59 Å². The summed E-state index contributed by atoms with van der Waals surface area (Å²) in [5, 5.41) is 3.11. The molecule has 3 heterocycles. The Labute approximate surface area is 261 Å². The SMILES string of the molecule is Cc1cc(C)c(N(c2ccccc2)c2cc3sc4cc(C=C5C(=O)c6cc7ccccc7cc6C5=O)sc4c3s2)c(C)c1. The second-order valence-electron chi connectivity index (χ2n) is 11.1. The molecule has 4 aromatic carbocycles. The van der Waals surface area contributed by atoms with Crippen molar-refractivity contribution in [2.75, 3.05) is 4.90 Å². The highest BCUT2D eigenvalue weighted by atomic mass is 32.1. The van der Waals surface area contributed by atoms with Crippen LogP contribution in [0.25, 0.3) is 35.6 Å². The number of fused-ring (bicyclic) bond motifs is 5. The molecular weight excluding hydrogens is 587 g/mol. The van der Waals surface area contributed by atoms with Gasteiger partial charge in [0, 0.05) is 31.1 Å². The van der Waals surface area contributed by atoms with Crippen molar-refractivity contribution in [3.8, 4) is 0 Å². The van der Waals surface area contributed by atoms with Crippen molar-refractivity contribution in [1.82, 2.24) is 0 Å². The molecule has 43 heavy (non-hydrogen) atoms. The number of allylic oxidation sites excluding steroid dienone is 1. The summed E-state index contributed by atoms with van der Waals surface area (Å²) in [4.78, 5) is 30.0. The summed E-state index contributed by atoms with van der Waals surface area (Å²) < 4.78 is 4.87. The number of carbonyl (C=O) groups is 2. The van der Waals surface area contributed by atoms with Crippen LogP contribution in [0.1, 0.15) is 42.3 Å². The maximum absolute atomic E-state index is 13.4. The van der Waals surface area contributed by atoms with Crippen molar-refractivity contribution in [3.05, 3.63) is 129 Å². The number of anilines is 3. The molecule has 0 unspecified atom stereocenters. The Morgan fingerprint density at radius 1 is 0.628 bits per heavy atom. The molecule has 3 nitrogen and oxygen atoms in total. The molecule has 1 aliphatic rings. The van der Waals surface area contributed by atoms with E-state index in [0.717, 1.165) is 21.3 Å². The van der Waals surface area contributed by atoms with Crippen molar-refractivity contribution in [3.63, 3.8) is 0 Å². The minimum Gasteiger partial charge on any atom is -0.301 e. The van der Waals surface area contributed by atoms with Gasteiger partial charge in [0.2, 0.25) is 0 Å². The van der Waals surface area contributed by atoms with Crippen LogP contribution in [0.3, 0.4) is 0 Å². The van der Waals surface area contributed by atoms with Gasteiger partial charge >= 0.3 is 0 Å². The van der Waals surface area contributed by atoms with Gasteiger partial charge in [-0.2, -0.15) is 0 Å². The zero-order valence-corrected chi connectivity index (χ0v) is 26.2. The van der Waals surface area contributed by atoms with Gasteiger partial charge in [-0.25, -0.2) is 0 Å². The molecular formula is C37H25NO2S3. The lowest BCUT2D eigenvalue weighted by atomic mass is 10.0. The molecule has 8 rings (SSSR count). The number of ketones is 2. The van der Waals surface area contributed by atoms with Crippen molar-refractivity contribution < 1.29 is 9.59 Å². The summed E-state index contributed by atoms with van der Waals surface area (Å²) in [7, 11) is 0. The third-order valence-corrected chi connectivity index (χ3v) is 11.8. The summed E-state index contributed by atoms with van der Waals surface area (Å²) in [5.74, 6) is -0.373. The van der Waals surface area contributed by atoms with E-state index >= 15 is 0 Å². The van der Waals surface area contributed by atoms with E-state index in [2.05, 4.69) is 80.3 Å². The molecule has 6 heteroatoms. The predicted octanol–water partition coefficient (Wildman–Crippen LogP) is 11.2. The molecule has 0 amide bonds. The van der Waals surface area contributed by atoms with Crippen molar-refractivity contribution in [2.24, 2.45) is 0 Å². The third kappa shape index (κ3) is 4.20.